The second-order valence-corrected chi connectivity index (χ2v) is 18.5. The van der Waals surface area contributed by atoms with Gasteiger partial charge in [0.05, 0.1) is 5.69 Å². The van der Waals surface area contributed by atoms with Gasteiger partial charge in [-0.2, -0.15) is 0 Å². The third-order valence-corrected chi connectivity index (χ3v) is 14.2. The Morgan fingerprint density at radius 2 is 0.714 bits per heavy atom. The molecule has 0 radical (unpaired) electrons. The fourth-order valence-corrected chi connectivity index (χ4v) is 11.1. The van der Waals surface area contributed by atoms with Gasteiger partial charge in [0.1, 0.15) is 0 Å². The molecule has 0 saturated carbocycles. The van der Waals surface area contributed by atoms with Crippen LogP contribution < -0.4 is 4.90 Å². The third-order valence-electron chi connectivity index (χ3n) is 14.2. The van der Waals surface area contributed by atoms with Crippen LogP contribution in [0.25, 0.3) is 77.2 Å². The fourth-order valence-electron chi connectivity index (χ4n) is 11.1. The van der Waals surface area contributed by atoms with Crippen LogP contribution in [0, 0.1) is 0 Å². The summed E-state index contributed by atoms with van der Waals surface area (Å²) in [5, 5.41) is 4.93. The molecule has 10 aromatic rings. The number of hydrogen-bond donors (Lipinski definition) is 0. The van der Waals surface area contributed by atoms with Crippen molar-refractivity contribution in [2.24, 2.45) is 0 Å². The van der Waals surface area contributed by atoms with Crippen molar-refractivity contribution in [3.8, 4) is 55.6 Å². The molecule has 300 valence electrons. The molecule has 1 nitrogen and oxygen atoms in total. The van der Waals surface area contributed by atoms with E-state index >= 15 is 0 Å². The molecular formula is C62H47N. The van der Waals surface area contributed by atoms with E-state index in [0.29, 0.717) is 0 Å². The lowest BCUT2D eigenvalue weighted by Crippen LogP contribution is -2.18. The Hall–Kier alpha value is -7.48. The largest absolute Gasteiger partial charge is 0.309 e. The van der Waals surface area contributed by atoms with Gasteiger partial charge in [0.2, 0.25) is 0 Å². The summed E-state index contributed by atoms with van der Waals surface area (Å²) < 4.78 is 0. The second-order valence-electron chi connectivity index (χ2n) is 18.5. The van der Waals surface area contributed by atoms with E-state index in [1.165, 1.54) is 99.4 Å². The Morgan fingerprint density at radius 3 is 1.30 bits per heavy atom. The highest BCUT2D eigenvalue weighted by Gasteiger charge is 2.38. The first-order valence-electron chi connectivity index (χ1n) is 22.3. The highest BCUT2D eigenvalue weighted by molar-refractivity contribution is 6.08. The third kappa shape index (κ3) is 5.69. The number of fused-ring (bicyclic) bond motifs is 8. The normalized spacial score (nSPS) is 14.0. The van der Waals surface area contributed by atoms with Gasteiger partial charge in [0, 0.05) is 33.3 Å². The van der Waals surface area contributed by atoms with E-state index in [2.05, 4.69) is 245 Å². The van der Waals surface area contributed by atoms with Gasteiger partial charge in [0.15, 0.2) is 0 Å². The minimum atomic E-state index is -0.172. The predicted molar refractivity (Wildman–Crippen MR) is 268 cm³/mol. The Balaban J connectivity index is 1.22. The van der Waals surface area contributed by atoms with Gasteiger partial charge in [-0.05, 0) is 125 Å². The van der Waals surface area contributed by atoms with Crippen molar-refractivity contribution >= 4 is 38.6 Å². The maximum atomic E-state index is 2.59. The first-order chi connectivity index (χ1) is 30.8. The highest BCUT2D eigenvalue weighted by atomic mass is 15.1. The molecule has 0 amide bonds. The van der Waals surface area contributed by atoms with Crippen LogP contribution in [0.4, 0.5) is 17.1 Å². The van der Waals surface area contributed by atoms with Crippen LogP contribution in [0.5, 0.6) is 0 Å². The summed E-state index contributed by atoms with van der Waals surface area (Å²) in [5.41, 5.74) is 21.0. The lowest BCUT2D eigenvalue weighted by atomic mass is 9.81. The molecule has 0 unspecified atom stereocenters. The van der Waals surface area contributed by atoms with Crippen molar-refractivity contribution in [1.29, 1.82) is 0 Å². The van der Waals surface area contributed by atoms with Gasteiger partial charge in [-0.25, -0.2) is 0 Å². The van der Waals surface area contributed by atoms with Crippen molar-refractivity contribution in [3.05, 3.63) is 235 Å². The Kier molecular flexibility index (Phi) is 8.30. The molecule has 10 aromatic carbocycles. The van der Waals surface area contributed by atoms with Crippen LogP contribution in [0.1, 0.15) is 49.9 Å². The fraction of sp³-hybridized carbons (Fsp3) is 0.0968. The summed E-state index contributed by atoms with van der Waals surface area (Å²) >= 11 is 0. The van der Waals surface area contributed by atoms with Gasteiger partial charge >= 0.3 is 0 Å². The molecule has 0 atom stereocenters. The molecule has 0 fully saturated rings. The molecule has 2 aliphatic rings. The number of benzene rings is 10. The average molecular weight is 806 g/mol. The maximum Gasteiger partial charge on any atom is 0.0619 e. The van der Waals surface area contributed by atoms with E-state index in [9.17, 15) is 0 Å². The first-order valence-corrected chi connectivity index (χ1v) is 22.3. The van der Waals surface area contributed by atoms with E-state index < -0.39 is 0 Å². The molecule has 0 heterocycles. The molecule has 2 aliphatic carbocycles. The Morgan fingerprint density at radius 1 is 0.286 bits per heavy atom. The molecule has 1 heteroatoms. The van der Waals surface area contributed by atoms with Gasteiger partial charge in [-0.3, -0.25) is 0 Å². The zero-order valence-electron chi connectivity index (χ0n) is 36.2. The summed E-state index contributed by atoms with van der Waals surface area (Å²) in [6.07, 6.45) is 0. The quantitative estimate of drug-likeness (QED) is 0.162. The lowest BCUT2D eigenvalue weighted by molar-refractivity contribution is 0.660. The van der Waals surface area contributed by atoms with Crippen LogP contribution >= 0.6 is 0 Å². The molecule has 63 heavy (non-hydrogen) atoms. The Labute approximate surface area is 370 Å². The summed E-state index contributed by atoms with van der Waals surface area (Å²) in [4.78, 5) is 2.59. The standard InChI is InChI=1S/C62H47N/c1-61(2)56-30-14-12-26-50(56)52-34-32-44(38-58(52)61)63(45-33-35-53-51-27-13-15-31-57(51)62(3,4)59(53)39-45)60-54(42-18-6-5-7-19-42)36-43(48-28-16-22-40-20-8-10-24-46(40)48)37-55(60)49-29-17-23-41-21-9-11-25-47(41)49/h5-39H,1-4H3. The van der Waals surface area contributed by atoms with Crippen molar-refractivity contribution in [2.45, 2.75) is 38.5 Å². The number of rotatable bonds is 6. The van der Waals surface area contributed by atoms with Crippen LogP contribution in [0.15, 0.2) is 212 Å². The zero-order valence-corrected chi connectivity index (χ0v) is 36.2. The van der Waals surface area contributed by atoms with E-state index in [-0.39, 0.29) is 10.8 Å². The predicted octanol–water partition coefficient (Wildman–Crippen LogP) is 17.1. The number of nitrogens with zero attached hydrogens (tertiary/aromatic N) is 1. The van der Waals surface area contributed by atoms with E-state index in [4.69, 9.17) is 0 Å². The zero-order chi connectivity index (χ0) is 42.5. The number of hydrogen-bond acceptors (Lipinski definition) is 1. The Bertz CT molecular complexity index is 3340. The first kappa shape index (κ1) is 37.3. The summed E-state index contributed by atoms with van der Waals surface area (Å²) in [6.45, 7) is 9.54. The highest BCUT2D eigenvalue weighted by Crippen LogP contribution is 2.56. The summed E-state index contributed by atoms with van der Waals surface area (Å²) in [7, 11) is 0. The van der Waals surface area contributed by atoms with Gasteiger partial charge in [-0.15, -0.1) is 0 Å². The van der Waals surface area contributed by atoms with Crippen LogP contribution in [0.3, 0.4) is 0 Å². The number of anilines is 3. The minimum absolute atomic E-state index is 0.172. The molecule has 0 aromatic heterocycles. The van der Waals surface area contributed by atoms with Gasteiger partial charge in [0.25, 0.3) is 0 Å². The van der Waals surface area contributed by atoms with Crippen LogP contribution in [0.2, 0.25) is 0 Å². The molecule has 12 rings (SSSR count). The van der Waals surface area contributed by atoms with E-state index in [1.54, 1.807) is 0 Å². The van der Waals surface area contributed by atoms with Gasteiger partial charge in [-0.1, -0.05) is 204 Å². The van der Waals surface area contributed by atoms with E-state index in [1.807, 2.05) is 0 Å². The molecule has 0 N–H and O–H groups in total. The molecule has 0 bridgehead atoms. The smallest absolute Gasteiger partial charge is 0.0619 e. The van der Waals surface area contributed by atoms with Crippen LogP contribution in [-0.2, 0) is 10.8 Å². The second kappa shape index (κ2) is 14.0. The van der Waals surface area contributed by atoms with Crippen molar-refractivity contribution in [3.63, 3.8) is 0 Å². The molecule has 0 aliphatic heterocycles. The monoisotopic (exact) mass is 805 g/mol. The minimum Gasteiger partial charge on any atom is -0.309 e. The summed E-state index contributed by atoms with van der Waals surface area (Å²) in [5.74, 6) is 0. The van der Waals surface area contributed by atoms with Crippen molar-refractivity contribution in [2.75, 3.05) is 4.90 Å². The molecule has 0 spiro atoms. The van der Waals surface area contributed by atoms with E-state index in [0.717, 1.165) is 17.1 Å². The summed E-state index contributed by atoms with van der Waals surface area (Å²) in [6, 6.07) is 79.5. The lowest BCUT2D eigenvalue weighted by Gasteiger charge is -2.33. The topological polar surface area (TPSA) is 3.24 Å². The van der Waals surface area contributed by atoms with Crippen molar-refractivity contribution < 1.29 is 0 Å². The molecular weight excluding hydrogens is 759 g/mol. The van der Waals surface area contributed by atoms with Crippen LogP contribution in [-0.4, -0.2) is 0 Å². The van der Waals surface area contributed by atoms with Gasteiger partial charge < -0.3 is 4.90 Å². The van der Waals surface area contributed by atoms with Crippen molar-refractivity contribution in [1.82, 2.24) is 0 Å². The average Bonchev–Trinajstić information content (AvgIpc) is 3.70. The SMILES string of the molecule is CC1(C)c2ccccc2-c2ccc(N(c3ccc4c(c3)C(C)(C)c3ccccc3-4)c3c(-c4ccccc4)cc(-c4cccc5ccccc45)cc3-c3cccc4ccccc34)cc21. The molecule has 0 saturated heterocycles. The maximum absolute atomic E-state index is 2.59.